The van der Waals surface area contributed by atoms with Crippen LogP contribution in [0.15, 0.2) is 218 Å². The van der Waals surface area contributed by atoms with Crippen LogP contribution in [0.3, 0.4) is 0 Å². The number of nitrogens with zero attached hydrogens (tertiary/aromatic N) is 2. The quantitative estimate of drug-likeness (QED) is 0.158. The van der Waals surface area contributed by atoms with Gasteiger partial charge in [0.2, 0.25) is 0 Å². The van der Waals surface area contributed by atoms with E-state index in [-0.39, 0.29) is 0 Å². The maximum absolute atomic E-state index is 2.40. The maximum atomic E-state index is 2.40. The predicted molar refractivity (Wildman–Crippen MR) is 245 cm³/mol. The topological polar surface area (TPSA) is 8.17 Å². The molecule has 0 atom stereocenters. The minimum absolute atomic E-state index is 1.11. The molecule has 0 radical (unpaired) electrons. The van der Waals surface area contributed by atoms with E-state index in [1.807, 2.05) is 11.3 Å². The van der Waals surface area contributed by atoms with Crippen molar-refractivity contribution in [2.75, 3.05) is 4.90 Å². The summed E-state index contributed by atoms with van der Waals surface area (Å²) < 4.78 is 4.97. The third-order valence-corrected chi connectivity index (χ3v) is 12.3. The number of anilines is 3. The van der Waals surface area contributed by atoms with Gasteiger partial charge in [-0.1, -0.05) is 140 Å². The highest BCUT2D eigenvalue weighted by Crippen LogP contribution is 2.43. The Hall–Kier alpha value is -7.20. The first-order valence-corrected chi connectivity index (χ1v) is 20.2. The van der Waals surface area contributed by atoms with Gasteiger partial charge >= 0.3 is 0 Å². The van der Waals surface area contributed by atoms with Crippen LogP contribution in [0, 0.1) is 0 Å². The average Bonchev–Trinajstić information content (AvgIpc) is 3.82. The SMILES string of the molecule is c1ccc(-c2ccc(N(c3ccc(-c4ccccc4)cc3)c3ccc4sc5ccc(-c6ccc7c8ccccc8n(-c8ccccc8)c7c6)cc5c4c3)cc2)cc1. The predicted octanol–water partition coefficient (Wildman–Crippen LogP) is 15.6. The molecule has 11 aromatic rings. The lowest BCUT2D eigenvalue weighted by Gasteiger charge is -2.26. The molecule has 3 heteroatoms. The van der Waals surface area contributed by atoms with Gasteiger partial charge in [-0.3, -0.25) is 0 Å². The average molecular weight is 745 g/mol. The van der Waals surface area contributed by atoms with Gasteiger partial charge in [-0.15, -0.1) is 11.3 Å². The van der Waals surface area contributed by atoms with Gasteiger partial charge in [-0.25, -0.2) is 0 Å². The molecule has 268 valence electrons. The van der Waals surface area contributed by atoms with E-state index in [0.29, 0.717) is 0 Å². The molecule has 0 aliphatic carbocycles. The number of hydrogen-bond donors (Lipinski definition) is 0. The van der Waals surface area contributed by atoms with E-state index in [1.165, 1.54) is 81.0 Å². The van der Waals surface area contributed by atoms with Crippen molar-refractivity contribution in [1.29, 1.82) is 0 Å². The summed E-state index contributed by atoms with van der Waals surface area (Å²) in [5.74, 6) is 0. The molecule has 11 rings (SSSR count). The fourth-order valence-corrected chi connectivity index (χ4v) is 9.47. The minimum Gasteiger partial charge on any atom is -0.310 e. The first-order chi connectivity index (χ1) is 28.2. The van der Waals surface area contributed by atoms with Gasteiger partial charge in [0.15, 0.2) is 0 Å². The van der Waals surface area contributed by atoms with Crippen molar-refractivity contribution in [2.24, 2.45) is 0 Å². The summed E-state index contributed by atoms with van der Waals surface area (Å²) in [5, 5.41) is 5.07. The molecule has 0 saturated carbocycles. The zero-order valence-electron chi connectivity index (χ0n) is 31.1. The molecule has 0 aliphatic rings. The molecule has 2 heterocycles. The molecule has 2 nitrogen and oxygen atoms in total. The smallest absolute Gasteiger partial charge is 0.0547 e. The maximum Gasteiger partial charge on any atom is 0.0547 e. The monoisotopic (exact) mass is 744 g/mol. The fraction of sp³-hybridized carbons (Fsp3) is 0. The summed E-state index contributed by atoms with van der Waals surface area (Å²) in [6, 6.07) is 79.4. The van der Waals surface area contributed by atoms with Crippen molar-refractivity contribution in [3.63, 3.8) is 0 Å². The fourth-order valence-electron chi connectivity index (χ4n) is 8.40. The van der Waals surface area contributed by atoms with Crippen molar-refractivity contribution < 1.29 is 0 Å². The van der Waals surface area contributed by atoms with Crippen LogP contribution in [0.2, 0.25) is 0 Å². The summed E-state index contributed by atoms with van der Waals surface area (Å²) >= 11 is 1.86. The molecule has 0 N–H and O–H groups in total. The van der Waals surface area contributed by atoms with E-state index in [4.69, 9.17) is 0 Å². The van der Waals surface area contributed by atoms with Gasteiger partial charge in [0, 0.05) is 53.7 Å². The number of rotatable bonds is 7. The molecule has 0 saturated heterocycles. The number of benzene rings is 9. The van der Waals surface area contributed by atoms with E-state index >= 15 is 0 Å². The Morgan fingerprint density at radius 3 is 1.40 bits per heavy atom. The van der Waals surface area contributed by atoms with Crippen LogP contribution in [-0.2, 0) is 0 Å². The van der Waals surface area contributed by atoms with E-state index < -0.39 is 0 Å². The molecule has 9 aromatic carbocycles. The van der Waals surface area contributed by atoms with E-state index in [1.54, 1.807) is 0 Å². The third kappa shape index (κ3) is 5.88. The van der Waals surface area contributed by atoms with Gasteiger partial charge in [-0.2, -0.15) is 0 Å². The second-order valence-corrected chi connectivity index (χ2v) is 15.7. The Morgan fingerprint density at radius 1 is 0.298 bits per heavy atom. The number of para-hydroxylation sites is 2. The van der Waals surface area contributed by atoms with Gasteiger partial charge < -0.3 is 9.47 Å². The molecular weight excluding hydrogens is 709 g/mol. The highest BCUT2D eigenvalue weighted by molar-refractivity contribution is 7.25. The first-order valence-electron chi connectivity index (χ1n) is 19.4. The molecule has 57 heavy (non-hydrogen) atoms. The molecule has 0 amide bonds. The Balaban J connectivity index is 1.03. The summed E-state index contributed by atoms with van der Waals surface area (Å²) in [6.45, 7) is 0. The molecule has 0 unspecified atom stereocenters. The van der Waals surface area contributed by atoms with Gasteiger partial charge in [-0.05, 0) is 112 Å². The largest absolute Gasteiger partial charge is 0.310 e. The molecule has 0 fully saturated rings. The van der Waals surface area contributed by atoms with Crippen LogP contribution in [0.25, 0.3) is 81.0 Å². The number of thiophene rings is 1. The Bertz CT molecular complexity index is 3120. The number of hydrogen-bond acceptors (Lipinski definition) is 2. The molecule has 0 bridgehead atoms. The lowest BCUT2D eigenvalue weighted by atomic mass is 10.0. The van der Waals surface area contributed by atoms with Crippen LogP contribution >= 0.6 is 11.3 Å². The molecule has 0 spiro atoms. The minimum atomic E-state index is 1.11. The van der Waals surface area contributed by atoms with Crippen molar-refractivity contribution in [2.45, 2.75) is 0 Å². The summed E-state index contributed by atoms with van der Waals surface area (Å²) in [5.41, 5.74) is 14.2. The van der Waals surface area contributed by atoms with Crippen LogP contribution < -0.4 is 4.90 Å². The van der Waals surface area contributed by atoms with Crippen LogP contribution in [0.4, 0.5) is 17.1 Å². The second kappa shape index (κ2) is 13.8. The van der Waals surface area contributed by atoms with Crippen molar-refractivity contribution >= 4 is 70.4 Å². The van der Waals surface area contributed by atoms with Crippen LogP contribution in [0.1, 0.15) is 0 Å². The number of fused-ring (bicyclic) bond motifs is 6. The highest BCUT2D eigenvalue weighted by atomic mass is 32.1. The highest BCUT2D eigenvalue weighted by Gasteiger charge is 2.17. The van der Waals surface area contributed by atoms with Crippen molar-refractivity contribution in [3.05, 3.63) is 218 Å². The summed E-state index contributed by atoms with van der Waals surface area (Å²) in [6.07, 6.45) is 0. The van der Waals surface area contributed by atoms with Crippen molar-refractivity contribution in [3.8, 4) is 39.1 Å². The Labute approximate surface area is 335 Å². The molecule has 2 aromatic heterocycles. The van der Waals surface area contributed by atoms with Crippen molar-refractivity contribution in [1.82, 2.24) is 4.57 Å². The van der Waals surface area contributed by atoms with Gasteiger partial charge in [0.1, 0.15) is 0 Å². The Morgan fingerprint density at radius 2 is 0.754 bits per heavy atom. The zero-order chi connectivity index (χ0) is 37.7. The van der Waals surface area contributed by atoms with Gasteiger partial charge in [0.25, 0.3) is 0 Å². The summed E-state index contributed by atoms with van der Waals surface area (Å²) in [4.78, 5) is 2.38. The zero-order valence-corrected chi connectivity index (χ0v) is 31.9. The second-order valence-electron chi connectivity index (χ2n) is 14.6. The normalized spacial score (nSPS) is 11.5. The van der Waals surface area contributed by atoms with Gasteiger partial charge in [0.05, 0.1) is 11.0 Å². The van der Waals surface area contributed by atoms with Crippen LogP contribution in [0.5, 0.6) is 0 Å². The lowest BCUT2D eigenvalue weighted by Crippen LogP contribution is -2.09. The lowest BCUT2D eigenvalue weighted by molar-refractivity contribution is 1.18. The van der Waals surface area contributed by atoms with E-state index in [2.05, 4.69) is 228 Å². The molecular formula is C54H36N2S. The molecule has 0 aliphatic heterocycles. The number of aromatic nitrogens is 1. The van der Waals surface area contributed by atoms with Crippen LogP contribution in [-0.4, -0.2) is 4.57 Å². The van der Waals surface area contributed by atoms with E-state index in [0.717, 1.165) is 17.1 Å². The Kier molecular flexibility index (Phi) is 8.04. The standard InChI is InChI=1S/C54H36N2S/c1-4-12-37(13-5-1)39-20-26-44(27-21-39)55(45-28-22-40(23-29-45)38-14-6-2-7-15-38)46-30-33-54-50(36-46)49-34-41(25-32-53(49)57-54)42-24-31-48-47-18-10-11-19-51(47)56(52(48)35-42)43-16-8-3-9-17-43/h1-36H. The first kappa shape index (κ1) is 33.2. The van der Waals surface area contributed by atoms with E-state index in [9.17, 15) is 0 Å². The summed E-state index contributed by atoms with van der Waals surface area (Å²) in [7, 11) is 0. The third-order valence-electron chi connectivity index (χ3n) is 11.2.